The van der Waals surface area contributed by atoms with Gasteiger partial charge < -0.3 is 20.4 Å². The number of imidazole rings is 1. The fourth-order valence-corrected chi connectivity index (χ4v) is 9.04. The fraction of sp³-hybridized carbons (Fsp3) is 0.452. The topological polar surface area (TPSA) is 99.3 Å². The van der Waals surface area contributed by atoms with Crippen molar-refractivity contribution in [2.75, 3.05) is 18.4 Å². The smallest absolute Gasteiger partial charge is 0.410 e. The van der Waals surface area contributed by atoms with Crippen molar-refractivity contribution >= 4 is 17.7 Å². The molecule has 8 nitrogen and oxygen atoms in total. The maximum Gasteiger partial charge on any atom is 0.410 e. The molecule has 0 bridgehead atoms. The van der Waals surface area contributed by atoms with Crippen molar-refractivity contribution in [1.29, 1.82) is 0 Å². The van der Waals surface area contributed by atoms with Gasteiger partial charge in [0.15, 0.2) is 0 Å². The van der Waals surface area contributed by atoms with E-state index in [4.69, 9.17) is 9.72 Å². The average molecular weight is 672 g/mol. The number of rotatable bonds is 6. The number of anilines is 1. The number of carbonyl (C=O) groups is 2. The first kappa shape index (κ1) is 32.8. The molecule has 1 aromatic heterocycles. The number of amides is 2. The predicted molar refractivity (Wildman–Crippen MR) is 198 cm³/mol. The van der Waals surface area contributed by atoms with E-state index in [1.54, 1.807) is 4.90 Å². The lowest BCUT2D eigenvalue weighted by molar-refractivity contribution is -0.120. The molecule has 0 radical (unpaired) electrons. The van der Waals surface area contributed by atoms with E-state index < -0.39 is 17.7 Å². The Morgan fingerprint density at radius 2 is 1.68 bits per heavy atom. The largest absolute Gasteiger partial charge is 0.444 e. The standard InChI is InChI=1S/C42H49N5O3/c1-41(2,3)50-40(49)47-24-8-12-36(47)39(48)45-30-10-6-9-29(25-30)31-17-18-32(37-33(31)19-22-42(37)20-4-5-21-42)27-13-15-28(16-14-27)35-26-44-38(46-35)34-11-7-23-43-34/h6,9-10,13-18,25-26,34,36,43H,4-5,7-8,11-12,19-24H2,1-3H3,(H,44,46)(H,45,48)/t34-,36-/m0/s1. The summed E-state index contributed by atoms with van der Waals surface area (Å²) in [5.41, 5.74) is 10.5. The quantitative estimate of drug-likeness (QED) is 0.190. The van der Waals surface area contributed by atoms with Crippen molar-refractivity contribution in [3.63, 3.8) is 0 Å². The highest BCUT2D eigenvalue weighted by atomic mass is 16.6. The Morgan fingerprint density at radius 3 is 2.44 bits per heavy atom. The first-order valence-electron chi connectivity index (χ1n) is 18.6. The van der Waals surface area contributed by atoms with Crippen LogP contribution in [-0.2, 0) is 21.4 Å². The number of nitrogens with one attached hydrogen (secondary N) is 3. The number of carbonyl (C=O) groups excluding carboxylic acids is 2. The number of aromatic amines is 1. The van der Waals surface area contributed by atoms with Gasteiger partial charge in [-0.1, -0.05) is 61.4 Å². The molecule has 2 aliphatic heterocycles. The summed E-state index contributed by atoms with van der Waals surface area (Å²) in [7, 11) is 0. The molecule has 4 aromatic rings. The number of nitrogens with zero attached hydrogens (tertiary/aromatic N) is 2. The van der Waals surface area contributed by atoms with Gasteiger partial charge in [0, 0.05) is 12.2 Å². The monoisotopic (exact) mass is 671 g/mol. The lowest BCUT2D eigenvalue weighted by atomic mass is 9.76. The van der Waals surface area contributed by atoms with Crippen molar-refractivity contribution in [3.8, 4) is 33.5 Å². The summed E-state index contributed by atoms with van der Waals surface area (Å²) < 4.78 is 5.60. The maximum atomic E-state index is 13.5. The molecule has 50 heavy (non-hydrogen) atoms. The molecule has 3 N–H and O–H groups in total. The highest BCUT2D eigenvalue weighted by Crippen LogP contribution is 2.55. The van der Waals surface area contributed by atoms with E-state index in [1.165, 1.54) is 66.3 Å². The zero-order valence-electron chi connectivity index (χ0n) is 29.6. The summed E-state index contributed by atoms with van der Waals surface area (Å²) in [6.45, 7) is 7.13. The van der Waals surface area contributed by atoms with Gasteiger partial charge in [0.2, 0.25) is 5.91 Å². The van der Waals surface area contributed by atoms with Gasteiger partial charge in [0.25, 0.3) is 0 Å². The van der Waals surface area contributed by atoms with Gasteiger partial charge in [0.1, 0.15) is 17.5 Å². The van der Waals surface area contributed by atoms with Gasteiger partial charge in [-0.05, 0) is 135 Å². The molecular weight excluding hydrogens is 622 g/mol. The third-order valence-electron chi connectivity index (χ3n) is 11.4. The summed E-state index contributed by atoms with van der Waals surface area (Å²) in [5.74, 6) is 0.865. The van der Waals surface area contributed by atoms with E-state index in [9.17, 15) is 9.59 Å². The van der Waals surface area contributed by atoms with Gasteiger partial charge in [-0.3, -0.25) is 9.69 Å². The van der Waals surface area contributed by atoms with Crippen LogP contribution < -0.4 is 10.6 Å². The molecule has 3 heterocycles. The summed E-state index contributed by atoms with van der Waals surface area (Å²) in [6, 6.07) is 21.6. The number of benzene rings is 3. The Kier molecular flexibility index (Phi) is 8.54. The van der Waals surface area contributed by atoms with Crippen LogP contribution in [0.4, 0.5) is 10.5 Å². The van der Waals surface area contributed by atoms with Crippen LogP contribution in [0.3, 0.4) is 0 Å². The molecule has 2 atom stereocenters. The minimum atomic E-state index is -0.609. The lowest BCUT2D eigenvalue weighted by Gasteiger charge is -2.28. The van der Waals surface area contributed by atoms with Crippen molar-refractivity contribution in [3.05, 3.63) is 83.8 Å². The van der Waals surface area contributed by atoms with E-state index in [0.29, 0.717) is 19.0 Å². The molecule has 3 aromatic carbocycles. The maximum absolute atomic E-state index is 13.5. The van der Waals surface area contributed by atoms with Crippen LogP contribution in [0.15, 0.2) is 66.9 Å². The number of aromatic nitrogens is 2. The molecule has 1 spiro atoms. The number of fused-ring (bicyclic) bond motifs is 2. The average Bonchev–Trinajstić information content (AvgIpc) is 3.95. The minimum absolute atomic E-state index is 0.166. The number of likely N-dealkylation sites (tertiary alicyclic amines) is 1. The van der Waals surface area contributed by atoms with Gasteiger partial charge in [0.05, 0.1) is 17.9 Å². The van der Waals surface area contributed by atoms with Crippen LogP contribution >= 0.6 is 0 Å². The second kappa shape index (κ2) is 13.0. The zero-order valence-corrected chi connectivity index (χ0v) is 29.6. The lowest BCUT2D eigenvalue weighted by Crippen LogP contribution is -2.45. The fourth-order valence-electron chi connectivity index (χ4n) is 9.04. The van der Waals surface area contributed by atoms with Crippen LogP contribution in [0.25, 0.3) is 33.5 Å². The van der Waals surface area contributed by atoms with Crippen LogP contribution in [0.1, 0.15) is 102 Å². The number of hydrogen-bond acceptors (Lipinski definition) is 5. The Labute approximate surface area is 295 Å². The highest BCUT2D eigenvalue weighted by molar-refractivity contribution is 5.97. The van der Waals surface area contributed by atoms with E-state index in [-0.39, 0.29) is 11.3 Å². The molecule has 2 saturated heterocycles. The third-order valence-corrected chi connectivity index (χ3v) is 11.4. The first-order valence-corrected chi connectivity index (χ1v) is 18.6. The van der Waals surface area contributed by atoms with Crippen molar-refractivity contribution in [2.45, 2.75) is 108 Å². The molecule has 0 unspecified atom stereocenters. The third kappa shape index (κ3) is 6.23. The molecule has 8 rings (SSSR count). The van der Waals surface area contributed by atoms with Crippen LogP contribution in [0.5, 0.6) is 0 Å². The Bertz CT molecular complexity index is 1890. The van der Waals surface area contributed by atoms with Crippen molar-refractivity contribution < 1.29 is 14.3 Å². The SMILES string of the molecule is CC(C)(C)OC(=O)N1CCC[C@H]1C(=O)Nc1cccc(-c2ccc(-c3ccc(-c4cnc([C@@H]5CCCN5)[nH]4)cc3)c3c2CCC32CCCC2)c1. The summed E-state index contributed by atoms with van der Waals surface area (Å²) in [5, 5.41) is 6.67. The summed E-state index contributed by atoms with van der Waals surface area (Å²) >= 11 is 0. The number of H-pyrrole nitrogens is 1. The second-order valence-electron chi connectivity index (χ2n) is 15.8. The first-order chi connectivity index (χ1) is 24.2. The van der Waals surface area contributed by atoms with Crippen LogP contribution in [-0.4, -0.2) is 51.6 Å². The van der Waals surface area contributed by atoms with E-state index in [2.05, 4.69) is 64.1 Å². The van der Waals surface area contributed by atoms with Crippen LogP contribution in [0, 0.1) is 0 Å². The molecule has 8 heteroatoms. The van der Waals surface area contributed by atoms with Crippen molar-refractivity contribution in [2.24, 2.45) is 0 Å². The highest BCUT2D eigenvalue weighted by Gasteiger charge is 2.43. The second-order valence-corrected chi connectivity index (χ2v) is 15.8. The molecule has 2 aliphatic carbocycles. The van der Waals surface area contributed by atoms with E-state index in [1.807, 2.05) is 39.1 Å². The van der Waals surface area contributed by atoms with Crippen molar-refractivity contribution in [1.82, 2.24) is 20.2 Å². The molecule has 2 amide bonds. The Balaban J connectivity index is 1.07. The molecular formula is C42H49N5O3. The minimum Gasteiger partial charge on any atom is -0.444 e. The van der Waals surface area contributed by atoms with Gasteiger partial charge >= 0.3 is 6.09 Å². The number of hydrogen-bond donors (Lipinski definition) is 3. The Hall–Kier alpha value is -4.43. The molecule has 3 fully saturated rings. The summed E-state index contributed by atoms with van der Waals surface area (Å²) in [4.78, 5) is 36.2. The van der Waals surface area contributed by atoms with Crippen LogP contribution in [0.2, 0.25) is 0 Å². The Morgan fingerprint density at radius 1 is 0.900 bits per heavy atom. The van der Waals surface area contributed by atoms with Gasteiger partial charge in [-0.2, -0.15) is 0 Å². The summed E-state index contributed by atoms with van der Waals surface area (Å²) in [6.07, 6.45) is 12.6. The molecule has 260 valence electrons. The predicted octanol–water partition coefficient (Wildman–Crippen LogP) is 8.93. The van der Waals surface area contributed by atoms with Gasteiger partial charge in [-0.15, -0.1) is 0 Å². The normalized spacial score (nSPS) is 21.1. The number of ether oxygens (including phenoxy) is 1. The molecule has 4 aliphatic rings. The van der Waals surface area contributed by atoms with E-state index >= 15 is 0 Å². The zero-order chi connectivity index (χ0) is 34.5. The molecule has 1 saturated carbocycles. The van der Waals surface area contributed by atoms with E-state index in [0.717, 1.165) is 54.1 Å². The van der Waals surface area contributed by atoms with Gasteiger partial charge in [-0.25, -0.2) is 9.78 Å².